The highest BCUT2D eigenvalue weighted by Crippen LogP contribution is 2.45. The van der Waals surface area contributed by atoms with Gasteiger partial charge in [-0.3, -0.25) is 4.79 Å². The molecule has 0 heterocycles. The van der Waals surface area contributed by atoms with Gasteiger partial charge in [-0.1, -0.05) is 35.9 Å². The largest absolute Gasteiger partial charge is 0.458 e. The molecule has 1 atom stereocenters. The van der Waals surface area contributed by atoms with Gasteiger partial charge in [0.2, 0.25) is 3.42 Å². The summed E-state index contributed by atoms with van der Waals surface area (Å²) in [6.45, 7) is 3.35. The molecule has 106 valence electrons. The number of hydrogen-bond donors (Lipinski definition) is 0. The monoisotopic (exact) mass is 378 g/mol. The molecule has 0 radical (unpaired) electrons. The van der Waals surface area contributed by atoms with Gasteiger partial charge in [-0.2, -0.15) is 13.2 Å². The molecule has 18 heavy (non-hydrogen) atoms. The van der Waals surface area contributed by atoms with Crippen molar-refractivity contribution in [2.75, 3.05) is 0 Å². The van der Waals surface area contributed by atoms with E-state index < -0.39 is 21.2 Å². The van der Waals surface area contributed by atoms with E-state index in [0.717, 1.165) is 12.8 Å². The molecule has 0 aliphatic heterocycles. The average molecular weight is 378 g/mol. The molecular formula is C12H18F3IO2. The number of hydrogen-bond acceptors (Lipinski definition) is 2. The van der Waals surface area contributed by atoms with Crippen molar-refractivity contribution < 1.29 is 22.7 Å². The van der Waals surface area contributed by atoms with Gasteiger partial charge in [0.05, 0.1) is 0 Å². The predicted molar refractivity (Wildman–Crippen MR) is 70.7 cm³/mol. The Morgan fingerprint density at radius 2 is 1.83 bits per heavy atom. The van der Waals surface area contributed by atoms with E-state index in [4.69, 9.17) is 4.74 Å². The third-order valence-electron chi connectivity index (χ3n) is 3.37. The molecule has 0 amide bonds. The van der Waals surface area contributed by atoms with E-state index in [9.17, 15) is 18.0 Å². The number of ether oxygens (including phenoxy) is 1. The molecule has 1 unspecified atom stereocenters. The van der Waals surface area contributed by atoms with Gasteiger partial charge in [-0.05, 0) is 39.0 Å². The van der Waals surface area contributed by atoms with Gasteiger partial charge in [0.25, 0.3) is 0 Å². The van der Waals surface area contributed by atoms with Crippen LogP contribution in [0.4, 0.5) is 13.2 Å². The van der Waals surface area contributed by atoms with E-state index in [1.165, 1.54) is 22.6 Å². The van der Waals surface area contributed by atoms with E-state index in [1.54, 1.807) is 13.8 Å². The van der Waals surface area contributed by atoms with Crippen molar-refractivity contribution in [3.05, 3.63) is 0 Å². The summed E-state index contributed by atoms with van der Waals surface area (Å²) in [5, 5.41) is 0. The summed E-state index contributed by atoms with van der Waals surface area (Å²) in [6, 6.07) is 0. The van der Waals surface area contributed by atoms with Gasteiger partial charge in [0.1, 0.15) is 5.60 Å². The number of carbonyl (C=O) groups is 1. The lowest BCUT2D eigenvalue weighted by molar-refractivity contribution is -0.193. The van der Waals surface area contributed by atoms with Crippen LogP contribution in [-0.2, 0) is 9.53 Å². The van der Waals surface area contributed by atoms with Crippen molar-refractivity contribution >= 4 is 28.6 Å². The van der Waals surface area contributed by atoms with Crippen LogP contribution in [0.25, 0.3) is 0 Å². The Balaban J connectivity index is 2.83. The second kappa shape index (κ2) is 5.54. The Morgan fingerprint density at radius 1 is 1.33 bits per heavy atom. The van der Waals surface area contributed by atoms with Crippen molar-refractivity contribution in [3.63, 3.8) is 0 Å². The normalized spacial score (nSPS) is 22.6. The molecule has 0 aromatic carbocycles. The Hall–Kier alpha value is -0.0100. The summed E-state index contributed by atoms with van der Waals surface area (Å²) in [4.78, 5) is 11.9. The highest BCUT2D eigenvalue weighted by atomic mass is 127. The van der Waals surface area contributed by atoms with Crippen LogP contribution in [0, 0.1) is 0 Å². The van der Waals surface area contributed by atoms with Crippen LogP contribution in [0.1, 0.15) is 52.4 Å². The Morgan fingerprint density at radius 3 is 2.22 bits per heavy atom. The van der Waals surface area contributed by atoms with Crippen molar-refractivity contribution in [2.24, 2.45) is 0 Å². The van der Waals surface area contributed by atoms with E-state index in [0.29, 0.717) is 12.8 Å². The van der Waals surface area contributed by atoms with Gasteiger partial charge in [0, 0.05) is 0 Å². The predicted octanol–water partition coefficient (Wildman–Crippen LogP) is 4.40. The standard InChI is InChI=1S/C12H18F3IO2/c1-3-6-11(16,12(13,14)15)9(17)18-10(2)7-4-5-8-10/h3-8H2,1-2H3. The van der Waals surface area contributed by atoms with Crippen LogP contribution < -0.4 is 0 Å². The Bertz CT molecular complexity index is 311. The number of halogens is 4. The fraction of sp³-hybridized carbons (Fsp3) is 0.917. The second-order valence-electron chi connectivity index (χ2n) is 5.10. The third kappa shape index (κ3) is 3.30. The summed E-state index contributed by atoms with van der Waals surface area (Å²) >= 11 is 1.20. The maximum atomic E-state index is 13.0. The zero-order chi connectivity index (χ0) is 14.0. The summed E-state index contributed by atoms with van der Waals surface area (Å²) in [7, 11) is 0. The lowest BCUT2D eigenvalue weighted by Gasteiger charge is -2.32. The van der Waals surface area contributed by atoms with Gasteiger partial charge < -0.3 is 4.74 Å². The number of esters is 1. The SMILES string of the molecule is CCCC(I)(C(=O)OC1(C)CCCC1)C(F)(F)F. The lowest BCUT2D eigenvalue weighted by atomic mass is 10.0. The Kier molecular flexibility index (Phi) is 4.94. The quantitative estimate of drug-likeness (QED) is 0.412. The summed E-state index contributed by atoms with van der Waals surface area (Å²) < 4.78 is 41.9. The Labute approximate surface area is 119 Å². The molecule has 1 saturated carbocycles. The zero-order valence-electron chi connectivity index (χ0n) is 10.6. The van der Waals surface area contributed by atoms with Crippen molar-refractivity contribution in [2.45, 2.75) is 67.6 Å². The van der Waals surface area contributed by atoms with Gasteiger partial charge in [0.15, 0.2) is 0 Å². The van der Waals surface area contributed by atoms with Crippen LogP contribution in [-0.4, -0.2) is 21.2 Å². The van der Waals surface area contributed by atoms with E-state index in [2.05, 4.69) is 0 Å². The first-order valence-electron chi connectivity index (χ1n) is 6.14. The van der Waals surface area contributed by atoms with Crippen LogP contribution in [0.15, 0.2) is 0 Å². The van der Waals surface area contributed by atoms with E-state index in [-0.39, 0.29) is 12.8 Å². The number of alkyl halides is 4. The number of carbonyl (C=O) groups excluding carboxylic acids is 1. The smallest absolute Gasteiger partial charge is 0.413 e. The lowest BCUT2D eigenvalue weighted by Crippen LogP contribution is -2.50. The van der Waals surface area contributed by atoms with Crippen LogP contribution in [0.2, 0.25) is 0 Å². The molecule has 1 aliphatic rings. The molecule has 1 aliphatic carbocycles. The van der Waals surface area contributed by atoms with Crippen LogP contribution in [0.3, 0.4) is 0 Å². The van der Waals surface area contributed by atoms with Crippen LogP contribution >= 0.6 is 22.6 Å². The highest BCUT2D eigenvalue weighted by Gasteiger charge is 2.60. The van der Waals surface area contributed by atoms with Crippen molar-refractivity contribution in [1.82, 2.24) is 0 Å². The molecule has 1 fully saturated rings. The fourth-order valence-corrected chi connectivity index (χ4v) is 2.88. The molecule has 0 aromatic heterocycles. The number of rotatable bonds is 4. The van der Waals surface area contributed by atoms with Gasteiger partial charge >= 0.3 is 12.1 Å². The molecule has 1 rings (SSSR count). The molecule has 6 heteroatoms. The van der Waals surface area contributed by atoms with Gasteiger partial charge in [-0.15, -0.1) is 0 Å². The maximum Gasteiger partial charge on any atom is 0.413 e. The molecule has 0 N–H and O–H groups in total. The summed E-state index contributed by atoms with van der Waals surface area (Å²) in [6.07, 6.45) is -1.43. The maximum absolute atomic E-state index is 13.0. The van der Waals surface area contributed by atoms with Gasteiger partial charge in [-0.25, -0.2) is 0 Å². The summed E-state index contributed by atoms with van der Waals surface area (Å²) in [5.74, 6) is -1.14. The fourth-order valence-electron chi connectivity index (χ4n) is 2.23. The minimum atomic E-state index is -4.57. The molecule has 0 spiro atoms. The first kappa shape index (κ1) is 16.0. The molecule has 0 aromatic rings. The topological polar surface area (TPSA) is 26.3 Å². The van der Waals surface area contributed by atoms with E-state index >= 15 is 0 Å². The molecule has 0 bridgehead atoms. The summed E-state index contributed by atoms with van der Waals surface area (Å²) in [5.41, 5.74) is -0.716. The average Bonchev–Trinajstić information content (AvgIpc) is 2.63. The van der Waals surface area contributed by atoms with E-state index in [1.807, 2.05) is 0 Å². The van der Waals surface area contributed by atoms with Crippen molar-refractivity contribution in [3.8, 4) is 0 Å². The minimum Gasteiger partial charge on any atom is -0.458 e. The third-order valence-corrected chi connectivity index (χ3v) is 4.96. The van der Waals surface area contributed by atoms with Crippen LogP contribution in [0.5, 0.6) is 0 Å². The van der Waals surface area contributed by atoms with Crippen molar-refractivity contribution in [1.29, 1.82) is 0 Å². The molecular weight excluding hydrogens is 360 g/mol. The first-order chi connectivity index (χ1) is 8.15. The first-order valence-corrected chi connectivity index (χ1v) is 7.21. The molecule has 2 nitrogen and oxygen atoms in total. The minimum absolute atomic E-state index is 0.244. The highest BCUT2D eigenvalue weighted by molar-refractivity contribution is 14.1. The zero-order valence-corrected chi connectivity index (χ0v) is 12.7. The second-order valence-corrected chi connectivity index (χ2v) is 6.94. The molecule has 0 saturated heterocycles.